The molecule has 0 aromatic heterocycles. The SMILES string of the molecule is CC1CCC(NC(=O)CC2CCCC2)C1. The monoisotopic (exact) mass is 209 g/mol. The van der Waals surface area contributed by atoms with Crippen molar-refractivity contribution in [1.29, 1.82) is 0 Å². The molecule has 0 aromatic carbocycles. The van der Waals surface area contributed by atoms with Crippen molar-refractivity contribution in [2.24, 2.45) is 11.8 Å². The Kier molecular flexibility index (Phi) is 3.66. The van der Waals surface area contributed by atoms with E-state index in [-0.39, 0.29) is 0 Å². The summed E-state index contributed by atoms with van der Waals surface area (Å²) in [5.74, 6) is 1.80. The van der Waals surface area contributed by atoms with E-state index < -0.39 is 0 Å². The second kappa shape index (κ2) is 5.00. The Morgan fingerprint density at radius 3 is 2.53 bits per heavy atom. The third-order valence-corrected chi connectivity index (χ3v) is 4.01. The molecule has 0 radical (unpaired) electrons. The van der Waals surface area contributed by atoms with E-state index in [0.717, 1.165) is 12.3 Å². The average Bonchev–Trinajstić information content (AvgIpc) is 2.77. The smallest absolute Gasteiger partial charge is 0.220 e. The van der Waals surface area contributed by atoms with Crippen LogP contribution in [-0.2, 0) is 4.79 Å². The van der Waals surface area contributed by atoms with Gasteiger partial charge in [0.1, 0.15) is 0 Å². The van der Waals surface area contributed by atoms with E-state index in [1.165, 1.54) is 44.9 Å². The predicted molar refractivity (Wildman–Crippen MR) is 61.5 cm³/mol. The van der Waals surface area contributed by atoms with Crippen molar-refractivity contribution in [2.75, 3.05) is 0 Å². The molecule has 0 bridgehead atoms. The van der Waals surface area contributed by atoms with Crippen LogP contribution in [0.1, 0.15) is 58.3 Å². The number of carbonyl (C=O) groups is 1. The molecular formula is C13H23NO. The van der Waals surface area contributed by atoms with Crippen molar-refractivity contribution in [3.63, 3.8) is 0 Å². The molecule has 2 nitrogen and oxygen atoms in total. The molecule has 0 saturated heterocycles. The Morgan fingerprint density at radius 2 is 1.93 bits per heavy atom. The number of hydrogen-bond donors (Lipinski definition) is 1. The van der Waals surface area contributed by atoms with Gasteiger partial charge < -0.3 is 5.32 Å². The van der Waals surface area contributed by atoms with Crippen molar-refractivity contribution < 1.29 is 4.79 Å². The molecule has 2 rings (SSSR count). The van der Waals surface area contributed by atoms with E-state index in [0.29, 0.717) is 17.9 Å². The van der Waals surface area contributed by atoms with Gasteiger partial charge in [-0.05, 0) is 43.9 Å². The molecule has 2 unspecified atom stereocenters. The van der Waals surface area contributed by atoms with Gasteiger partial charge in [0.15, 0.2) is 0 Å². The van der Waals surface area contributed by atoms with E-state index in [1.807, 2.05) is 0 Å². The number of carbonyl (C=O) groups excluding carboxylic acids is 1. The van der Waals surface area contributed by atoms with Crippen molar-refractivity contribution >= 4 is 5.91 Å². The predicted octanol–water partition coefficient (Wildman–Crippen LogP) is 2.87. The molecule has 0 aliphatic heterocycles. The van der Waals surface area contributed by atoms with Crippen molar-refractivity contribution in [2.45, 2.75) is 64.3 Å². The fraction of sp³-hybridized carbons (Fsp3) is 0.923. The summed E-state index contributed by atoms with van der Waals surface area (Å²) in [7, 11) is 0. The molecule has 0 spiro atoms. The van der Waals surface area contributed by atoms with Crippen LogP contribution in [-0.4, -0.2) is 11.9 Å². The van der Waals surface area contributed by atoms with Gasteiger partial charge in [-0.3, -0.25) is 4.79 Å². The lowest BCUT2D eigenvalue weighted by molar-refractivity contribution is -0.122. The van der Waals surface area contributed by atoms with Crippen molar-refractivity contribution in [3.05, 3.63) is 0 Å². The average molecular weight is 209 g/mol. The largest absolute Gasteiger partial charge is 0.353 e. The molecule has 86 valence electrons. The molecule has 2 saturated carbocycles. The van der Waals surface area contributed by atoms with Gasteiger partial charge >= 0.3 is 0 Å². The number of rotatable bonds is 3. The van der Waals surface area contributed by atoms with Crippen LogP contribution in [0.3, 0.4) is 0 Å². The minimum atomic E-state index is 0.306. The number of amides is 1. The third-order valence-electron chi connectivity index (χ3n) is 4.01. The molecule has 2 fully saturated rings. The highest BCUT2D eigenvalue weighted by Crippen LogP contribution is 2.28. The zero-order valence-electron chi connectivity index (χ0n) is 9.80. The molecular weight excluding hydrogens is 186 g/mol. The van der Waals surface area contributed by atoms with Gasteiger partial charge in [-0.1, -0.05) is 19.8 Å². The van der Waals surface area contributed by atoms with E-state index in [2.05, 4.69) is 12.2 Å². The molecule has 0 heterocycles. The van der Waals surface area contributed by atoms with E-state index in [4.69, 9.17) is 0 Å². The standard InChI is InChI=1S/C13H23NO/c1-10-6-7-12(8-10)14-13(15)9-11-4-2-3-5-11/h10-12H,2-9H2,1H3,(H,14,15). The van der Waals surface area contributed by atoms with Gasteiger partial charge in [0.05, 0.1) is 0 Å². The molecule has 15 heavy (non-hydrogen) atoms. The molecule has 2 aliphatic carbocycles. The Bertz CT molecular complexity index is 221. The lowest BCUT2D eigenvalue weighted by Gasteiger charge is -2.14. The topological polar surface area (TPSA) is 29.1 Å². The fourth-order valence-corrected chi connectivity index (χ4v) is 3.10. The van der Waals surface area contributed by atoms with Gasteiger partial charge in [0, 0.05) is 12.5 Å². The van der Waals surface area contributed by atoms with Gasteiger partial charge in [-0.15, -0.1) is 0 Å². The van der Waals surface area contributed by atoms with Crippen LogP contribution in [0, 0.1) is 11.8 Å². The van der Waals surface area contributed by atoms with Crippen molar-refractivity contribution in [1.82, 2.24) is 5.32 Å². The summed E-state index contributed by atoms with van der Waals surface area (Å²) < 4.78 is 0. The van der Waals surface area contributed by atoms with Crippen LogP contribution >= 0.6 is 0 Å². The zero-order chi connectivity index (χ0) is 10.7. The van der Waals surface area contributed by atoms with E-state index in [1.54, 1.807) is 0 Å². The second-order valence-electron chi connectivity index (χ2n) is 5.54. The quantitative estimate of drug-likeness (QED) is 0.761. The molecule has 1 amide bonds. The highest BCUT2D eigenvalue weighted by molar-refractivity contribution is 5.76. The summed E-state index contributed by atoms with van der Waals surface area (Å²) in [5.41, 5.74) is 0. The van der Waals surface area contributed by atoms with Gasteiger partial charge in [0.25, 0.3) is 0 Å². The number of hydrogen-bond acceptors (Lipinski definition) is 1. The minimum absolute atomic E-state index is 0.306. The van der Waals surface area contributed by atoms with Crippen LogP contribution in [0.5, 0.6) is 0 Å². The van der Waals surface area contributed by atoms with Gasteiger partial charge in [-0.25, -0.2) is 0 Å². The lowest BCUT2D eigenvalue weighted by atomic mass is 10.0. The first kappa shape index (κ1) is 11.0. The first-order valence-corrected chi connectivity index (χ1v) is 6.53. The Balaban J connectivity index is 1.67. The van der Waals surface area contributed by atoms with Crippen LogP contribution in [0.2, 0.25) is 0 Å². The Hall–Kier alpha value is -0.530. The summed E-state index contributed by atoms with van der Waals surface area (Å²) in [5, 5.41) is 3.20. The zero-order valence-corrected chi connectivity index (χ0v) is 9.80. The Labute approximate surface area is 92.8 Å². The number of nitrogens with one attached hydrogen (secondary N) is 1. The first-order valence-electron chi connectivity index (χ1n) is 6.53. The second-order valence-corrected chi connectivity index (χ2v) is 5.54. The van der Waals surface area contributed by atoms with E-state index >= 15 is 0 Å². The minimum Gasteiger partial charge on any atom is -0.353 e. The maximum atomic E-state index is 11.8. The van der Waals surface area contributed by atoms with Crippen molar-refractivity contribution in [3.8, 4) is 0 Å². The summed E-state index contributed by atoms with van der Waals surface area (Å²) in [6.45, 7) is 2.28. The highest BCUT2D eigenvalue weighted by atomic mass is 16.1. The Morgan fingerprint density at radius 1 is 1.20 bits per heavy atom. The van der Waals surface area contributed by atoms with Crippen LogP contribution in [0.15, 0.2) is 0 Å². The normalized spacial score (nSPS) is 32.1. The molecule has 2 heteroatoms. The van der Waals surface area contributed by atoms with E-state index in [9.17, 15) is 4.79 Å². The summed E-state index contributed by atoms with van der Waals surface area (Å²) >= 11 is 0. The third kappa shape index (κ3) is 3.22. The van der Waals surface area contributed by atoms with Gasteiger partial charge in [-0.2, -0.15) is 0 Å². The maximum absolute atomic E-state index is 11.8. The lowest BCUT2D eigenvalue weighted by Crippen LogP contribution is -2.33. The first-order chi connectivity index (χ1) is 7.24. The molecule has 2 aliphatic rings. The summed E-state index contributed by atoms with van der Waals surface area (Å²) in [6, 6.07) is 0.480. The summed E-state index contributed by atoms with van der Waals surface area (Å²) in [6.07, 6.45) is 9.66. The molecule has 2 atom stereocenters. The summed E-state index contributed by atoms with van der Waals surface area (Å²) in [4.78, 5) is 11.8. The van der Waals surface area contributed by atoms with Crippen LogP contribution < -0.4 is 5.32 Å². The fourth-order valence-electron chi connectivity index (χ4n) is 3.10. The van der Waals surface area contributed by atoms with Crippen LogP contribution in [0.4, 0.5) is 0 Å². The molecule has 0 aromatic rings. The van der Waals surface area contributed by atoms with Gasteiger partial charge in [0.2, 0.25) is 5.91 Å². The maximum Gasteiger partial charge on any atom is 0.220 e. The molecule has 1 N–H and O–H groups in total. The van der Waals surface area contributed by atoms with Crippen LogP contribution in [0.25, 0.3) is 0 Å². The highest BCUT2D eigenvalue weighted by Gasteiger charge is 2.24.